The van der Waals surface area contributed by atoms with Crippen LogP contribution in [0, 0.1) is 5.92 Å². The van der Waals surface area contributed by atoms with Gasteiger partial charge in [0.15, 0.2) is 5.78 Å². The van der Waals surface area contributed by atoms with Gasteiger partial charge in [0.05, 0.1) is 12.6 Å². The first-order chi connectivity index (χ1) is 6.39. The van der Waals surface area contributed by atoms with E-state index in [-0.39, 0.29) is 24.3 Å². The van der Waals surface area contributed by atoms with E-state index in [4.69, 9.17) is 5.11 Å². The molecule has 0 aliphatic carbocycles. The van der Waals surface area contributed by atoms with E-state index < -0.39 is 5.60 Å². The topological polar surface area (TPSA) is 60.8 Å². The van der Waals surface area contributed by atoms with E-state index in [0.717, 1.165) is 0 Å². The zero-order valence-corrected chi connectivity index (χ0v) is 9.03. The number of ketones is 1. The van der Waals surface area contributed by atoms with Crippen molar-refractivity contribution in [2.24, 2.45) is 5.92 Å². The van der Waals surface area contributed by atoms with Crippen molar-refractivity contribution in [2.45, 2.75) is 31.9 Å². The van der Waals surface area contributed by atoms with E-state index in [1.807, 2.05) is 18.7 Å². The molecule has 1 aliphatic heterocycles. The van der Waals surface area contributed by atoms with Gasteiger partial charge in [0.1, 0.15) is 5.60 Å². The summed E-state index contributed by atoms with van der Waals surface area (Å²) in [5.41, 5.74) is -1.09. The predicted octanol–water partition coefficient (Wildman–Crippen LogP) is -0.361. The van der Waals surface area contributed by atoms with Crippen molar-refractivity contribution < 1.29 is 15.0 Å². The Morgan fingerprint density at radius 3 is 2.57 bits per heavy atom. The maximum Gasteiger partial charge on any atom is 0.152 e. The van der Waals surface area contributed by atoms with Gasteiger partial charge in [-0.2, -0.15) is 0 Å². The van der Waals surface area contributed by atoms with Gasteiger partial charge in [-0.25, -0.2) is 0 Å². The summed E-state index contributed by atoms with van der Waals surface area (Å²) in [6.07, 6.45) is 0.344. The Hall–Kier alpha value is -0.450. The molecule has 4 heteroatoms. The Balaban J connectivity index is 2.70. The predicted molar refractivity (Wildman–Crippen MR) is 52.9 cm³/mol. The maximum absolute atomic E-state index is 11.7. The number of hydrogen-bond acceptors (Lipinski definition) is 4. The molecule has 0 radical (unpaired) electrons. The molecule has 0 bridgehead atoms. The molecule has 14 heavy (non-hydrogen) atoms. The highest BCUT2D eigenvalue weighted by atomic mass is 16.3. The summed E-state index contributed by atoms with van der Waals surface area (Å²) in [5.74, 6) is 0.111. The van der Waals surface area contributed by atoms with Crippen LogP contribution in [0.1, 0.15) is 20.3 Å². The van der Waals surface area contributed by atoms with Gasteiger partial charge in [0.25, 0.3) is 0 Å². The molecule has 1 aliphatic rings. The van der Waals surface area contributed by atoms with Crippen molar-refractivity contribution in [2.75, 3.05) is 20.2 Å². The lowest BCUT2D eigenvalue weighted by Crippen LogP contribution is -2.36. The molecule has 1 saturated heterocycles. The summed E-state index contributed by atoms with van der Waals surface area (Å²) in [6.45, 7) is 3.80. The average molecular weight is 201 g/mol. The second-order valence-electron chi connectivity index (χ2n) is 4.57. The second kappa shape index (κ2) is 3.96. The third kappa shape index (κ3) is 2.13. The number of β-amino-alcohol motifs (C(OH)–C–C–N with tert-alkyl or cyclic N) is 1. The summed E-state index contributed by atoms with van der Waals surface area (Å²) in [6, 6.07) is -0.243. The summed E-state index contributed by atoms with van der Waals surface area (Å²) in [5, 5.41) is 18.8. The lowest BCUT2D eigenvalue weighted by atomic mass is 9.95. The molecule has 0 saturated carbocycles. The molecule has 4 nitrogen and oxygen atoms in total. The highest BCUT2D eigenvalue weighted by molar-refractivity contribution is 5.86. The molecule has 2 atom stereocenters. The number of Topliss-reactive ketones (excluding diaryl/α,β-unsaturated/α-hetero) is 1. The van der Waals surface area contributed by atoms with Crippen molar-refractivity contribution in [3.8, 4) is 0 Å². The van der Waals surface area contributed by atoms with E-state index in [9.17, 15) is 9.90 Å². The van der Waals surface area contributed by atoms with Crippen molar-refractivity contribution in [3.63, 3.8) is 0 Å². The molecule has 1 rings (SSSR count). The zero-order chi connectivity index (χ0) is 10.9. The van der Waals surface area contributed by atoms with Crippen molar-refractivity contribution in [1.82, 2.24) is 4.90 Å². The van der Waals surface area contributed by atoms with Crippen LogP contribution in [0.25, 0.3) is 0 Å². The first kappa shape index (κ1) is 11.6. The van der Waals surface area contributed by atoms with E-state index in [1.165, 1.54) is 0 Å². The SMILES string of the molecule is CC(C)C(=O)[C@@H]1CC(O)(CO)CN1C. The molecule has 0 aromatic rings. The molecule has 0 amide bonds. The third-order valence-electron chi connectivity index (χ3n) is 2.84. The number of hydrogen-bond donors (Lipinski definition) is 2. The number of rotatable bonds is 3. The highest BCUT2D eigenvalue weighted by Gasteiger charge is 2.43. The normalized spacial score (nSPS) is 34.0. The number of nitrogens with zero attached hydrogens (tertiary/aromatic N) is 1. The zero-order valence-electron chi connectivity index (χ0n) is 9.03. The van der Waals surface area contributed by atoms with Crippen molar-refractivity contribution in [3.05, 3.63) is 0 Å². The lowest BCUT2D eigenvalue weighted by molar-refractivity contribution is -0.126. The fourth-order valence-electron chi connectivity index (χ4n) is 1.97. The summed E-state index contributed by atoms with van der Waals surface area (Å²) >= 11 is 0. The van der Waals surface area contributed by atoms with Gasteiger partial charge in [0.2, 0.25) is 0 Å². The van der Waals surface area contributed by atoms with Crippen LogP contribution in [0.3, 0.4) is 0 Å². The summed E-state index contributed by atoms with van der Waals surface area (Å²) in [4.78, 5) is 13.5. The molecular weight excluding hydrogens is 182 g/mol. The van der Waals surface area contributed by atoms with Crippen molar-refractivity contribution in [1.29, 1.82) is 0 Å². The van der Waals surface area contributed by atoms with Gasteiger partial charge >= 0.3 is 0 Å². The molecule has 1 fully saturated rings. The number of likely N-dealkylation sites (tertiary alicyclic amines) is 1. The Morgan fingerprint density at radius 2 is 2.21 bits per heavy atom. The number of carbonyl (C=O) groups is 1. The number of aliphatic hydroxyl groups is 2. The van der Waals surface area contributed by atoms with Gasteiger partial charge in [-0.1, -0.05) is 13.8 Å². The molecule has 0 aromatic heterocycles. The molecule has 1 heterocycles. The maximum atomic E-state index is 11.7. The molecule has 82 valence electrons. The number of aliphatic hydroxyl groups excluding tert-OH is 1. The van der Waals surface area contributed by atoms with Crippen LogP contribution in [0.2, 0.25) is 0 Å². The van der Waals surface area contributed by atoms with E-state index in [0.29, 0.717) is 13.0 Å². The fraction of sp³-hybridized carbons (Fsp3) is 0.900. The summed E-state index contributed by atoms with van der Waals surface area (Å²) < 4.78 is 0. The molecule has 2 N–H and O–H groups in total. The lowest BCUT2D eigenvalue weighted by Gasteiger charge is -2.18. The Bertz CT molecular complexity index is 229. The first-order valence-electron chi connectivity index (χ1n) is 4.97. The minimum absolute atomic E-state index is 0.0245. The Morgan fingerprint density at radius 1 is 1.64 bits per heavy atom. The Labute approximate surface area is 84.5 Å². The third-order valence-corrected chi connectivity index (χ3v) is 2.84. The van der Waals surface area contributed by atoms with E-state index >= 15 is 0 Å². The molecule has 0 spiro atoms. The van der Waals surface area contributed by atoms with Gasteiger partial charge in [-0.05, 0) is 7.05 Å². The highest BCUT2D eigenvalue weighted by Crippen LogP contribution is 2.27. The van der Waals surface area contributed by atoms with E-state index in [2.05, 4.69) is 0 Å². The van der Waals surface area contributed by atoms with Crippen LogP contribution in [-0.2, 0) is 4.79 Å². The minimum atomic E-state index is -1.09. The minimum Gasteiger partial charge on any atom is -0.393 e. The smallest absolute Gasteiger partial charge is 0.152 e. The average Bonchev–Trinajstić information content (AvgIpc) is 2.41. The van der Waals surface area contributed by atoms with Crippen LogP contribution in [-0.4, -0.2) is 52.7 Å². The largest absolute Gasteiger partial charge is 0.393 e. The van der Waals surface area contributed by atoms with Crippen LogP contribution >= 0.6 is 0 Å². The van der Waals surface area contributed by atoms with Crippen LogP contribution in [0.4, 0.5) is 0 Å². The van der Waals surface area contributed by atoms with Crippen LogP contribution < -0.4 is 0 Å². The standard InChI is InChI=1S/C10H19NO3/c1-7(2)9(13)8-4-10(14,6-12)5-11(8)3/h7-8,12,14H,4-6H2,1-3H3/t8-,10?/m0/s1. The van der Waals surface area contributed by atoms with Crippen LogP contribution in [0.5, 0.6) is 0 Å². The number of likely N-dealkylation sites (N-methyl/N-ethyl adjacent to an activating group) is 1. The molecule has 1 unspecified atom stereocenters. The Kier molecular flexibility index (Phi) is 3.29. The monoisotopic (exact) mass is 201 g/mol. The second-order valence-corrected chi connectivity index (χ2v) is 4.57. The first-order valence-corrected chi connectivity index (χ1v) is 4.97. The van der Waals surface area contributed by atoms with Gasteiger partial charge < -0.3 is 10.2 Å². The van der Waals surface area contributed by atoms with Crippen molar-refractivity contribution >= 4 is 5.78 Å². The molecular formula is C10H19NO3. The number of carbonyl (C=O) groups excluding carboxylic acids is 1. The molecule has 0 aromatic carbocycles. The van der Waals surface area contributed by atoms with Crippen LogP contribution in [0.15, 0.2) is 0 Å². The fourth-order valence-corrected chi connectivity index (χ4v) is 1.97. The van der Waals surface area contributed by atoms with Gasteiger partial charge in [-0.15, -0.1) is 0 Å². The quantitative estimate of drug-likeness (QED) is 0.654. The summed E-state index contributed by atoms with van der Waals surface area (Å²) in [7, 11) is 1.80. The van der Waals surface area contributed by atoms with Gasteiger partial charge in [0, 0.05) is 18.9 Å². The van der Waals surface area contributed by atoms with E-state index in [1.54, 1.807) is 7.05 Å². The van der Waals surface area contributed by atoms with Gasteiger partial charge in [-0.3, -0.25) is 9.69 Å².